The van der Waals surface area contributed by atoms with E-state index in [1.165, 1.54) is 24.1 Å². The fourth-order valence-electron chi connectivity index (χ4n) is 2.63. The van der Waals surface area contributed by atoms with Crippen molar-refractivity contribution in [3.63, 3.8) is 0 Å². The Morgan fingerprint density at radius 1 is 1.32 bits per heavy atom. The Hall–Kier alpha value is -2.71. The first-order chi connectivity index (χ1) is 10.5. The highest BCUT2D eigenvalue weighted by Gasteiger charge is 2.41. The van der Waals surface area contributed by atoms with Gasteiger partial charge in [0.15, 0.2) is 6.61 Å². The number of hydrogen-bond acceptors (Lipinski definition) is 6. The van der Waals surface area contributed by atoms with Crippen molar-refractivity contribution in [1.82, 2.24) is 19.6 Å². The highest BCUT2D eigenvalue weighted by Crippen LogP contribution is 2.21. The number of carbonyl (C=O) groups excluding carboxylic acids is 3. The molecule has 0 bridgehead atoms. The SMILES string of the molecule is Cn1nc(C(=O)N2CCC(N3C(=O)COC3=O)C2)ccc1=O. The average Bonchev–Trinajstić information content (AvgIpc) is 3.08. The van der Waals surface area contributed by atoms with Gasteiger partial charge in [-0.1, -0.05) is 0 Å². The van der Waals surface area contributed by atoms with E-state index in [4.69, 9.17) is 0 Å². The highest BCUT2D eigenvalue weighted by molar-refractivity contribution is 5.98. The molecule has 0 N–H and O–H groups in total. The minimum Gasteiger partial charge on any atom is -0.439 e. The summed E-state index contributed by atoms with van der Waals surface area (Å²) in [6.45, 7) is 0.404. The van der Waals surface area contributed by atoms with Gasteiger partial charge in [-0.2, -0.15) is 5.10 Å². The predicted molar refractivity (Wildman–Crippen MR) is 72.0 cm³/mol. The zero-order valence-corrected chi connectivity index (χ0v) is 11.9. The summed E-state index contributed by atoms with van der Waals surface area (Å²) in [6, 6.07) is 2.27. The molecule has 116 valence electrons. The van der Waals surface area contributed by atoms with Crippen LogP contribution in [0.5, 0.6) is 0 Å². The molecule has 2 aliphatic rings. The lowest BCUT2D eigenvalue weighted by atomic mass is 10.2. The zero-order chi connectivity index (χ0) is 15.9. The molecule has 0 radical (unpaired) electrons. The van der Waals surface area contributed by atoms with Crippen LogP contribution >= 0.6 is 0 Å². The summed E-state index contributed by atoms with van der Waals surface area (Å²) in [5.74, 6) is -0.720. The third-order valence-electron chi connectivity index (χ3n) is 3.78. The van der Waals surface area contributed by atoms with Crippen LogP contribution in [-0.2, 0) is 16.6 Å². The molecule has 9 heteroatoms. The molecule has 1 unspecified atom stereocenters. The van der Waals surface area contributed by atoms with Gasteiger partial charge in [0.2, 0.25) is 0 Å². The topological polar surface area (TPSA) is 102 Å². The van der Waals surface area contributed by atoms with Crippen LogP contribution in [0.4, 0.5) is 4.79 Å². The molecule has 3 amide bonds. The number of aryl methyl sites for hydroxylation is 1. The molecule has 0 aromatic carbocycles. The van der Waals surface area contributed by atoms with Crippen molar-refractivity contribution in [3.05, 3.63) is 28.2 Å². The van der Waals surface area contributed by atoms with Crippen molar-refractivity contribution in [1.29, 1.82) is 0 Å². The molecule has 0 saturated carbocycles. The Morgan fingerprint density at radius 2 is 2.09 bits per heavy atom. The van der Waals surface area contributed by atoms with E-state index in [0.29, 0.717) is 13.0 Å². The van der Waals surface area contributed by atoms with Gasteiger partial charge in [0.05, 0.1) is 6.04 Å². The number of carbonyl (C=O) groups is 3. The Morgan fingerprint density at radius 3 is 2.73 bits per heavy atom. The average molecular weight is 306 g/mol. The molecule has 0 spiro atoms. The second-order valence-corrected chi connectivity index (χ2v) is 5.19. The van der Waals surface area contributed by atoms with Gasteiger partial charge in [-0.15, -0.1) is 0 Å². The van der Waals surface area contributed by atoms with Gasteiger partial charge in [0.1, 0.15) is 5.69 Å². The molecule has 0 aliphatic carbocycles. The largest absolute Gasteiger partial charge is 0.439 e. The monoisotopic (exact) mass is 306 g/mol. The number of imide groups is 1. The van der Waals surface area contributed by atoms with Gasteiger partial charge in [0, 0.05) is 26.2 Å². The summed E-state index contributed by atoms with van der Waals surface area (Å²) in [4.78, 5) is 49.4. The number of likely N-dealkylation sites (tertiary alicyclic amines) is 1. The van der Waals surface area contributed by atoms with Crippen molar-refractivity contribution in [3.8, 4) is 0 Å². The number of rotatable bonds is 2. The molecule has 1 atom stereocenters. The molecule has 1 aromatic heterocycles. The molecule has 2 aliphatic heterocycles. The molecule has 1 aromatic rings. The summed E-state index contributed by atoms with van der Waals surface area (Å²) in [5, 5.41) is 3.91. The number of hydrogen-bond donors (Lipinski definition) is 0. The lowest BCUT2D eigenvalue weighted by molar-refractivity contribution is -0.127. The van der Waals surface area contributed by atoms with Crippen molar-refractivity contribution in [2.75, 3.05) is 19.7 Å². The van der Waals surface area contributed by atoms with Crippen LogP contribution in [-0.4, -0.2) is 63.2 Å². The minimum atomic E-state index is -0.662. The predicted octanol–water partition coefficient (Wildman–Crippen LogP) is -1.03. The van der Waals surface area contributed by atoms with E-state index in [1.807, 2.05) is 0 Å². The number of amides is 3. The Kier molecular flexibility index (Phi) is 3.39. The van der Waals surface area contributed by atoms with Gasteiger partial charge in [-0.25, -0.2) is 14.4 Å². The van der Waals surface area contributed by atoms with Crippen molar-refractivity contribution < 1.29 is 19.1 Å². The summed E-state index contributed by atoms with van der Waals surface area (Å²) >= 11 is 0. The molecule has 2 fully saturated rings. The lowest BCUT2D eigenvalue weighted by Crippen LogP contribution is -2.42. The van der Waals surface area contributed by atoms with Crippen molar-refractivity contribution in [2.24, 2.45) is 7.05 Å². The summed E-state index contributed by atoms with van der Waals surface area (Å²) in [6.07, 6.45) is -0.164. The van der Waals surface area contributed by atoms with E-state index in [2.05, 4.69) is 9.84 Å². The standard InChI is InChI=1S/C13H14N4O5/c1-15-10(18)3-2-9(14-15)12(20)16-5-4-8(6-16)17-11(19)7-22-13(17)21/h2-3,8H,4-7H2,1H3. The van der Waals surface area contributed by atoms with Crippen LogP contribution in [0.2, 0.25) is 0 Å². The van der Waals surface area contributed by atoms with E-state index in [1.54, 1.807) is 0 Å². The molecule has 3 heterocycles. The summed E-state index contributed by atoms with van der Waals surface area (Å²) < 4.78 is 5.77. The number of cyclic esters (lactones) is 1. The second kappa shape index (κ2) is 5.24. The van der Waals surface area contributed by atoms with E-state index < -0.39 is 6.09 Å². The normalized spacial score (nSPS) is 21.4. The van der Waals surface area contributed by atoms with Crippen molar-refractivity contribution in [2.45, 2.75) is 12.5 Å². The zero-order valence-electron chi connectivity index (χ0n) is 11.9. The van der Waals surface area contributed by atoms with Gasteiger partial charge in [0.25, 0.3) is 17.4 Å². The molecule has 22 heavy (non-hydrogen) atoms. The summed E-state index contributed by atoms with van der Waals surface area (Å²) in [5.41, 5.74) is -0.153. The van der Waals surface area contributed by atoms with Gasteiger partial charge >= 0.3 is 6.09 Å². The molecule has 3 rings (SSSR count). The van der Waals surface area contributed by atoms with Crippen LogP contribution in [0.3, 0.4) is 0 Å². The van der Waals surface area contributed by atoms with E-state index in [-0.39, 0.29) is 42.3 Å². The third-order valence-corrected chi connectivity index (χ3v) is 3.78. The van der Waals surface area contributed by atoms with E-state index in [0.717, 1.165) is 9.58 Å². The first-order valence-electron chi connectivity index (χ1n) is 6.80. The van der Waals surface area contributed by atoms with Crippen LogP contribution in [0.15, 0.2) is 16.9 Å². The molecular weight excluding hydrogens is 292 g/mol. The smallest absolute Gasteiger partial charge is 0.417 e. The maximum Gasteiger partial charge on any atom is 0.417 e. The van der Waals surface area contributed by atoms with Gasteiger partial charge in [-0.3, -0.25) is 14.4 Å². The Balaban J connectivity index is 1.73. The Labute approximate surface area is 125 Å². The maximum atomic E-state index is 12.4. The van der Waals surface area contributed by atoms with Crippen LogP contribution in [0.25, 0.3) is 0 Å². The van der Waals surface area contributed by atoms with E-state index >= 15 is 0 Å². The number of nitrogens with zero attached hydrogens (tertiary/aromatic N) is 4. The maximum absolute atomic E-state index is 12.4. The van der Waals surface area contributed by atoms with E-state index in [9.17, 15) is 19.2 Å². The van der Waals surface area contributed by atoms with Crippen LogP contribution < -0.4 is 5.56 Å². The fraction of sp³-hybridized carbons (Fsp3) is 0.462. The van der Waals surface area contributed by atoms with Gasteiger partial charge in [-0.05, 0) is 12.5 Å². The van der Waals surface area contributed by atoms with Crippen LogP contribution in [0.1, 0.15) is 16.9 Å². The lowest BCUT2D eigenvalue weighted by Gasteiger charge is -2.20. The fourth-order valence-corrected chi connectivity index (χ4v) is 2.63. The Bertz CT molecular complexity index is 697. The first-order valence-corrected chi connectivity index (χ1v) is 6.80. The molecule has 9 nitrogen and oxygen atoms in total. The highest BCUT2D eigenvalue weighted by atomic mass is 16.6. The first kappa shape index (κ1) is 14.2. The quantitative estimate of drug-likeness (QED) is 0.692. The van der Waals surface area contributed by atoms with Crippen LogP contribution in [0, 0.1) is 0 Å². The number of aromatic nitrogens is 2. The minimum absolute atomic E-state index is 0.151. The number of ether oxygens (including phenoxy) is 1. The molecule has 2 saturated heterocycles. The molecular formula is C13H14N4O5. The summed E-state index contributed by atoms with van der Waals surface area (Å²) in [7, 11) is 1.46. The second-order valence-electron chi connectivity index (χ2n) is 5.19. The van der Waals surface area contributed by atoms with Crippen molar-refractivity contribution >= 4 is 17.9 Å². The van der Waals surface area contributed by atoms with Gasteiger partial charge < -0.3 is 9.64 Å². The third kappa shape index (κ3) is 2.34.